The van der Waals surface area contributed by atoms with Crippen molar-refractivity contribution in [3.8, 4) is 0 Å². The largest absolute Gasteiger partial charge is 0.442 e. The van der Waals surface area contributed by atoms with Crippen molar-refractivity contribution in [3.63, 3.8) is 0 Å². The highest BCUT2D eigenvalue weighted by atomic mass is 16.6. The summed E-state index contributed by atoms with van der Waals surface area (Å²) in [6.07, 6.45) is 3.97. The van der Waals surface area contributed by atoms with Crippen LogP contribution in [-0.4, -0.2) is 28.2 Å². The average molecular weight is 305 g/mol. The predicted molar refractivity (Wildman–Crippen MR) is 82.3 cm³/mol. The van der Waals surface area contributed by atoms with Gasteiger partial charge in [-0.25, -0.2) is 9.80 Å². The topological polar surface area (TPSA) is 75.9 Å². The minimum atomic E-state index is -0.584. The van der Waals surface area contributed by atoms with Crippen molar-refractivity contribution in [2.75, 3.05) is 11.6 Å². The number of amides is 1. The van der Waals surface area contributed by atoms with Gasteiger partial charge < -0.3 is 4.74 Å². The summed E-state index contributed by atoms with van der Waals surface area (Å²) in [5.41, 5.74) is 0.0836. The third-order valence-electron chi connectivity index (χ3n) is 2.94. The van der Waals surface area contributed by atoms with Crippen molar-refractivity contribution in [2.24, 2.45) is 0 Å². The van der Waals surface area contributed by atoms with Crippen LogP contribution in [0.4, 0.5) is 16.2 Å². The summed E-state index contributed by atoms with van der Waals surface area (Å²) in [6.45, 7) is 5.91. The molecule has 0 spiro atoms. The maximum absolute atomic E-state index is 12.3. The molecule has 0 atom stereocenters. The van der Waals surface area contributed by atoms with Gasteiger partial charge in [-0.15, -0.1) is 0 Å². The Morgan fingerprint density at radius 3 is 2.45 bits per heavy atom. The number of non-ortho nitro benzene ring substituents is 1. The molecule has 0 fully saturated rings. The minimum absolute atomic E-state index is 0.00792. The number of rotatable bonds is 2. The monoisotopic (exact) mass is 305 g/mol. The zero-order valence-corrected chi connectivity index (χ0v) is 12.9. The minimum Gasteiger partial charge on any atom is -0.442 e. The van der Waals surface area contributed by atoms with E-state index in [1.807, 2.05) is 6.08 Å². The maximum atomic E-state index is 12.3. The van der Waals surface area contributed by atoms with Gasteiger partial charge in [0.2, 0.25) is 0 Å². The number of carbonyl (C=O) groups excluding carboxylic acids is 1. The summed E-state index contributed by atoms with van der Waals surface area (Å²) in [7, 11) is 0. The van der Waals surface area contributed by atoms with Gasteiger partial charge in [0.1, 0.15) is 5.60 Å². The molecule has 0 aromatic heterocycles. The normalized spacial score (nSPS) is 14.9. The number of nitro groups is 1. The Hall–Kier alpha value is -2.57. The summed E-state index contributed by atoms with van der Waals surface area (Å²) in [5.74, 6) is 0. The Bertz CT molecular complexity index is 590. The Balaban J connectivity index is 2.22. The van der Waals surface area contributed by atoms with E-state index in [9.17, 15) is 14.9 Å². The number of nitrogens with zero attached hydrogens (tertiary/aromatic N) is 3. The lowest BCUT2D eigenvalue weighted by Crippen LogP contribution is -2.48. The second-order valence-electron chi connectivity index (χ2n) is 5.90. The molecule has 0 saturated heterocycles. The number of hydrazine groups is 1. The van der Waals surface area contributed by atoms with Gasteiger partial charge in [0.05, 0.1) is 10.6 Å². The quantitative estimate of drug-likeness (QED) is 0.617. The fourth-order valence-corrected chi connectivity index (χ4v) is 2.01. The summed E-state index contributed by atoms with van der Waals surface area (Å²) in [4.78, 5) is 22.5. The van der Waals surface area contributed by atoms with E-state index in [1.165, 1.54) is 17.1 Å². The molecule has 1 amide bonds. The van der Waals surface area contributed by atoms with Gasteiger partial charge in [0.25, 0.3) is 5.69 Å². The Morgan fingerprint density at radius 2 is 1.91 bits per heavy atom. The van der Waals surface area contributed by atoms with E-state index in [4.69, 9.17) is 4.74 Å². The van der Waals surface area contributed by atoms with Crippen LogP contribution >= 0.6 is 0 Å². The highest BCUT2D eigenvalue weighted by Crippen LogP contribution is 2.24. The highest BCUT2D eigenvalue weighted by Gasteiger charge is 2.27. The van der Waals surface area contributed by atoms with E-state index in [1.54, 1.807) is 44.1 Å². The summed E-state index contributed by atoms with van der Waals surface area (Å²) in [5, 5.41) is 13.8. The Labute approximate surface area is 128 Å². The molecule has 7 heteroatoms. The zero-order valence-electron chi connectivity index (χ0n) is 12.9. The lowest BCUT2D eigenvalue weighted by molar-refractivity contribution is -0.384. The van der Waals surface area contributed by atoms with Crippen LogP contribution in [0.15, 0.2) is 36.5 Å². The van der Waals surface area contributed by atoms with Crippen LogP contribution in [0.25, 0.3) is 0 Å². The van der Waals surface area contributed by atoms with Gasteiger partial charge in [-0.3, -0.25) is 15.1 Å². The van der Waals surface area contributed by atoms with E-state index in [0.29, 0.717) is 12.2 Å². The number of ether oxygens (including phenoxy) is 1. The maximum Gasteiger partial charge on any atom is 0.429 e. The molecule has 1 aliphatic rings. The number of anilines is 1. The molecule has 0 aliphatic carbocycles. The molecular weight excluding hydrogens is 286 g/mol. The molecule has 1 heterocycles. The molecule has 0 bridgehead atoms. The van der Waals surface area contributed by atoms with Gasteiger partial charge in [-0.05, 0) is 39.3 Å². The fraction of sp³-hybridized carbons (Fsp3) is 0.400. The van der Waals surface area contributed by atoms with Gasteiger partial charge in [0, 0.05) is 24.9 Å². The molecule has 1 aromatic carbocycles. The average Bonchev–Trinajstić information content (AvgIpc) is 2.45. The SMILES string of the molecule is CC(C)(C)OC(=O)N1CCC=CN1c1ccc([N+](=O)[O-])cc1. The first-order chi connectivity index (χ1) is 10.3. The molecule has 7 nitrogen and oxygen atoms in total. The zero-order chi connectivity index (χ0) is 16.3. The second-order valence-corrected chi connectivity index (χ2v) is 5.90. The first-order valence-electron chi connectivity index (χ1n) is 6.99. The van der Waals surface area contributed by atoms with Crippen molar-refractivity contribution in [1.82, 2.24) is 5.01 Å². The molecule has 0 N–H and O–H groups in total. The Kier molecular flexibility index (Phi) is 4.35. The molecule has 1 aromatic rings. The number of hydrogen-bond acceptors (Lipinski definition) is 5. The van der Waals surface area contributed by atoms with Crippen LogP contribution in [0.3, 0.4) is 0 Å². The van der Waals surface area contributed by atoms with Crippen LogP contribution in [0.5, 0.6) is 0 Å². The van der Waals surface area contributed by atoms with Crippen molar-refractivity contribution in [2.45, 2.75) is 32.8 Å². The van der Waals surface area contributed by atoms with Gasteiger partial charge in [-0.2, -0.15) is 0 Å². The number of hydrogen-bond donors (Lipinski definition) is 0. The van der Waals surface area contributed by atoms with Crippen LogP contribution in [0, 0.1) is 10.1 Å². The summed E-state index contributed by atoms with van der Waals surface area (Å²) >= 11 is 0. The lowest BCUT2D eigenvalue weighted by atomic mass is 10.2. The van der Waals surface area contributed by atoms with Gasteiger partial charge in [0.15, 0.2) is 0 Å². The summed E-state index contributed by atoms with van der Waals surface area (Å²) in [6, 6.07) is 6.02. The molecule has 22 heavy (non-hydrogen) atoms. The first-order valence-corrected chi connectivity index (χ1v) is 6.99. The smallest absolute Gasteiger partial charge is 0.429 e. The second kappa shape index (κ2) is 6.05. The Morgan fingerprint density at radius 1 is 1.27 bits per heavy atom. The molecule has 0 unspecified atom stereocenters. The van der Waals surface area contributed by atoms with E-state index >= 15 is 0 Å². The molecule has 2 rings (SSSR count). The van der Waals surface area contributed by atoms with Crippen LogP contribution in [0.2, 0.25) is 0 Å². The molecule has 0 saturated carbocycles. The van der Waals surface area contributed by atoms with Crippen LogP contribution in [-0.2, 0) is 4.74 Å². The van der Waals surface area contributed by atoms with Crippen molar-refractivity contribution in [3.05, 3.63) is 46.7 Å². The van der Waals surface area contributed by atoms with E-state index < -0.39 is 16.6 Å². The number of nitro benzene ring substituents is 1. The van der Waals surface area contributed by atoms with Crippen molar-refractivity contribution >= 4 is 17.5 Å². The van der Waals surface area contributed by atoms with Crippen LogP contribution in [0.1, 0.15) is 27.2 Å². The summed E-state index contributed by atoms with van der Waals surface area (Å²) < 4.78 is 5.39. The van der Waals surface area contributed by atoms with Gasteiger partial charge in [-0.1, -0.05) is 6.08 Å². The van der Waals surface area contributed by atoms with Crippen molar-refractivity contribution in [1.29, 1.82) is 0 Å². The molecule has 1 aliphatic heterocycles. The van der Waals surface area contributed by atoms with E-state index in [2.05, 4.69) is 0 Å². The molecule has 118 valence electrons. The fourth-order valence-electron chi connectivity index (χ4n) is 2.01. The number of carbonyl (C=O) groups is 1. The van der Waals surface area contributed by atoms with E-state index in [0.717, 1.165) is 6.42 Å². The lowest BCUT2D eigenvalue weighted by Gasteiger charge is -2.37. The standard InChI is InChI=1S/C15H19N3O4/c1-15(2,3)22-14(19)17-11-5-4-10-16(17)12-6-8-13(9-7-12)18(20)21/h4,6-10H,5,11H2,1-3H3. The molecule has 0 radical (unpaired) electrons. The number of benzene rings is 1. The molecular formula is C15H19N3O4. The van der Waals surface area contributed by atoms with E-state index in [-0.39, 0.29) is 5.69 Å². The third-order valence-corrected chi connectivity index (χ3v) is 2.94. The highest BCUT2D eigenvalue weighted by molar-refractivity contribution is 5.72. The van der Waals surface area contributed by atoms with Crippen molar-refractivity contribution < 1.29 is 14.5 Å². The van der Waals surface area contributed by atoms with Gasteiger partial charge >= 0.3 is 6.09 Å². The third kappa shape index (κ3) is 3.75. The first kappa shape index (κ1) is 15.8. The van der Waals surface area contributed by atoms with Crippen LogP contribution < -0.4 is 5.01 Å². The predicted octanol–water partition coefficient (Wildman–Crippen LogP) is 3.47.